The van der Waals surface area contributed by atoms with E-state index in [1.807, 2.05) is 27.7 Å². The SMILES string of the molecule is CC[C@H]1COC(=O)N1c1nc(C)nc(Cl)n1.CC[C@H]1COC(=O)N1c1nc(C)nc(N[C@@H](C)c2cc(C)c(-c3ccnc(C(F)(F)F)c3)cn2)n1.Cc1cc([C@H](C)N)ncc1-c1ccnc(C(F)(F)F)c1.Cl. The molecule has 2 amide bonds. The van der Waals surface area contributed by atoms with Crippen LogP contribution in [0.1, 0.15) is 98.2 Å². The van der Waals surface area contributed by atoms with E-state index in [-0.39, 0.29) is 66.3 Å². The molecule has 0 spiro atoms. The van der Waals surface area contributed by atoms with Gasteiger partial charge in [0.2, 0.25) is 23.1 Å². The summed E-state index contributed by atoms with van der Waals surface area (Å²) in [6.45, 7) is 15.2. The number of carbonyl (C=O) groups is 2. The van der Waals surface area contributed by atoms with E-state index >= 15 is 0 Å². The van der Waals surface area contributed by atoms with Crippen LogP contribution in [-0.2, 0) is 21.8 Å². The molecule has 0 saturated carbocycles. The Balaban J connectivity index is 0.000000220. The third-order valence-corrected chi connectivity index (χ3v) is 11.2. The van der Waals surface area contributed by atoms with Crippen LogP contribution in [0.15, 0.2) is 61.2 Å². The maximum absolute atomic E-state index is 13.0. The molecule has 8 heterocycles. The summed E-state index contributed by atoms with van der Waals surface area (Å²) in [7, 11) is 0. The van der Waals surface area contributed by atoms with Gasteiger partial charge in [-0.2, -0.15) is 51.3 Å². The fourth-order valence-electron chi connectivity index (χ4n) is 7.22. The highest BCUT2D eigenvalue weighted by molar-refractivity contribution is 6.28. The van der Waals surface area contributed by atoms with E-state index in [0.29, 0.717) is 58.3 Å². The molecule has 2 aliphatic heterocycles. The summed E-state index contributed by atoms with van der Waals surface area (Å²) in [6.07, 6.45) is -3.09. The number of anilines is 3. The molecule has 0 aromatic carbocycles. The van der Waals surface area contributed by atoms with Crippen molar-refractivity contribution in [2.45, 2.75) is 105 Å². The number of carbonyl (C=O) groups excluding carboxylic acids is 2. The van der Waals surface area contributed by atoms with Crippen molar-refractivity contribution in [2.24, 2.45) is 5.73 Å². The van der Waals surface area contributed by atoms with Crippen molar-refractivity contribution < 1.29 is 45.4 Å². The predicted molar refractivity (Wildman–Crippen MR) is 256 cm³/mol. The van der Waals surface area contributed by atoms with Crippen LogP contribution in [0.2, 0.25) is 5.28 Å². The largest absolute Gasteiger partial charge is 0.447 e. The van der Waals surface area contributed by atoms with Crippen LogP contribution in [0.5, 0.6) is 0 Å². The summed E-state index contributed by atoms with van der Waals surface area (Å²) in [6, 6.07) is 7.91. The molecule has 2 saturated heterocycles. The summed E-state index contributed by atoms with van der Waals surface area (Å²) in [5, 5.41) is 3.24. The van der Waals surface area contributed by atoms with Gasteiger partial charge in [0, 0.05) is 42.0 Å². The monoisotopic (exact) mass is 1050 g/mol. The van der Waals surface area contributed by atoms with Gasteiger partial charge in [0.1, 0.15) is 36.3 Å². The highest BCUT2D eigenvalue weighted by atomic mass is 35.5. The molecule has 3 N–H and O–H groups in total. The van der Waals surface area contributed by atoms with E-state index in [4.69, 9.17) is 26.8 Å². The van der Waals surface area contributed by atoms with Gasteiger partial charge in [-0.1, -0.05) is 13.8 Å². The molecule has 6 aromatic rings. The highest BCUT2D eigenvalue weighted by Crippen LogP contribution is 2.34. The second-order valence-electron chi connectivity index (χ2n) is 16.3. The van der Waals surface area contributed by atoms with Gasteiger partial charge in [-0.05, 0) is 125 Å². The van der Waals surface area contributed by atoms with Gasteiger partial charge < -0.3 is 20.5 Å². The molecule has 2 fully saturated rings. The lowest BCUT2D eigenvalue weighted by molar-refractivity contribution is -0.141. The van der Waals surface area contributed by atoms with Gasteiger partial charge in [-0.3, -0.25) is 19.9 Å². The Morgan fingerprint density at radius 2 is 1.12 bits per heavy atom. The minimum absolute atomic E-state index is 0. The fraction of sp³-hybridized carbons (Fsp3) is 0.391. The molecule has 0 aliphatic carbocycles. The van der Waals surface area contributed by atoms with Gasteiger partial charge in [0.15, 0.2) is 0 Å². The Bertz CT molecular complexity index is 2860. The van der Waals surface area contributed by atoms with Gasteiger partial charge >= 0.3 is 24.5 Å². The Morgan fingerprint density at radius 1 is 0.681 bits per heavy atom. The zero-order chi connectivity index (χ0) is 51.9. The number of amides is 2. The van der Waals surface area contributed by atoms with Crippen LogP contribution in [-0.4, -0.2) is 87.3 Å². The number of ether oxygens (including phenoxy) is 2. The third kappa shape index (κ3) is 13.7. The van der Waals surface area contributed by atoms with Crippen molar-refractivity contribution in [1.29, 1.82) is 0 Å². The minimum Gasteiger partial charge on any atom is -0.447 e. The maximum atomic E-state index is 13.0. The molecule has 4 atom stereocenters. The number of aromatic nitrogens is 10. The number of nitrogens with one attached hydrogen (secondary N) is 1. The van der Waals surface area contributed by atoms with Gasteiger partial charge in [0.25, 0.3) is 0 Å². The Hall–Kier alpha value is -6.92. The zero-order valence-electron chi connectivity index (χ0n) is 40.0. The van der Waals surface area contributed by atoms with E-state index in [0.717, 1.165) is 42.1 Å². The van der Waals surface area contributed by atoms with Gasteiger partial charge in [-0.15, -0.1) is 12.4 Å². The van der Waals surface area contributed by atoms with Crippen LogP contribution in [0.3, 0.4) is 0 Å². The number of nitrogens with zero attached hydrogens (tertiary/aromatic N) is 12. The molecule has 0 bridgehead atoms. The first-order valence-corrected chi connectivity index (χ1v) is 22.4. The molecule has 72 heavy (non-hydrogen) atoms. The van der Waals surface area contributed by atoms with Crippen LogP contribution in [0, 0.1) is 27.7 Å². The van der Waals surface area contributed by atoms with Gasteiger partial charge in [0.05, 0.1) is 29.5 Å². The summed E-state index contributed by atoms with van der Waals surface area (Å²) >= 11 is 5.73. The zero-order valence-corrected chi connectivity index (χ0v) is 41.6. The van der Waals surface area contributed by atoms with Crippen molar-refractivity contribution in [2.75, 3.05) is 28.3 Å². The number of hydrogen-bond acceptors (Lipinski definition) is 16. The first kappa shape index (κ1) is 56.0. The normalized spacial score (nSPS) is 16.3. The average molecular weight is 1050 g/mol. The summed E-state index contributed by atoms with van der Waals surface area (Å²) in [5.41, 5.74) is 8.82. The minimum atomic E-state index is -4.53. The number of rotatable bonds is 10. The molecule has 384 valence electrons. The number of aryl methyl sites for hydroxylation is 4. The van der Waals surface area contributed by atoms with Crippen LogP contribution in [0.4, 0.5) is 53.8 Å². The van der Waals surface area contributed by atoms with Crippen molar-refractivity contribution in [3.8, 4) is 22.3 Å². The van der Waals surface area contributed by atoms with E-state index in [9.17, 15) is 35.9 Å². The fourth-order valence-corrected chi connectivity index (χ4v) is 7.41. The summed E-state index contributed by atoms with van der Waals surface area (Å²) < 4.78 is 87.2. The molecule has 6 aromatic heterocycles. The van der Waals surface area contributed by atoms with Crippen molar-refractivity contribution in [1.82, 2.24) is 49.8 Å². The molecule has 2 aliphatic rings. The van der Waals surface area contributed by atoms with E-state index in [1.54, 1.807) is 46.0 Å². The molecular formula is C46H50Cl2F6N14O4. The molecule has 8 rings (SSSR count). The maximum Gasteiger partial charge on any atom is 0.433 e. The number of cyclic esters (lactones) is 2. The summed E-state index contributed by atoms with van der Waals surface area (Å²) in [5.74, 6) is 1.63. The summed E-state index contributed by atoms with van der Waals surface area (Å²) in [4.78, 5) is 66.8. The molecule has 18 nitrogen and oxygen atoms in total. The number of pyridine rings is 4. The quantitative estimate of drug-likeness (QED) is 0.122. The van der Waals surface area contributed by atoms with Crippen LogP contribution >= 0.6 is 24.0 Å². The average Bonchev–Trinajstić information content (AvgIpc) is 3.89. The second-order valence-corrected chi connectivity index (χ2v) is 16.7. The lowest BCUT2D eigenvalue weighted by Gasteiger charge is -2.20. The second kappa shape index (κ2) is 23.5. The number of halogens is 8. The van der Waals surface area contributed by atoms with E-state index in [2.05, 4.69) is 55.2 Å². The van der Waals surface area contributed by atoms with Crippen molar-refractivity contribution >= 4 is 54.0 Å². The Kier molecular flexibility index (Phi) is 18.3. The van der Waals surface area contributed by atoms with Crippen LogP contribution < -0.4 is 20.9 Å². The first-order chi connectivity index (χ1) is 33.5. The Labute approximate surface area is 421 Å². The lowest BCUT2D eigenvalue weighted by Crippen LogP contribution is -2.34. The van der Waals surface area contributed by atoms with Crippen molar-refractivity contribution in [3.63, 3.8) is 0 Å². The van der Waals surface area contributed by atoms with E-state index < -0.39 is 35.9 Å². The topological polar surface area (TPSA) is 226 Å². The number of nitrogens with two attached hydrogens (primary N) is 1. The lowest BCUT2D eigenvalue weighted by atomic mass is 10.0. The van der Waals surface area contributed by atoms with E-state index in [1.165, 1.54) is 28.1 Å². The number of hydrogen-bond donors (Lipinski definition) is 2. The number of alkyl halides is 6. The smallest absolute Gasteiger partial charge is 0.433 e. The first-order valence-electron chi connectivity index (χ1n) is 22.0. The molecular weight excluding hydrogens is 997 g/mol. The molecule has 26 heteroatoms. The Morgan fingerprint density at radius 3 is 1.56 bits per heavy atom. The molecule has 0 radical (unpaired) electrons. The standard InChI is InChI=1S/C23H24F3N7O2.C14H14F3N3.C9H11ClN4O2.ClH/c1-5-16-11-35-22(34)33(16)21-31-14(4)30-20(32-21)29-13(3)18-8-12(2)17(10-28-18)15-6-7-27-19(9-15)23(24,25)26;1-8-5-12(9(2)18)20-7-11(8)10-3-4-19-13(6-10)14(15,16)17;1-3-6-4-16-9(15)14(6)8-12-5(2)11-7(10)13-8;/h6-10,13,16H,5,11H2,1-4H3,(H,29,30,31,32);3-7,9H,18H2,1-2H3;6H,3-4H2,1-2H3;1H/t13-,16-;9-;6-;/m000./s1. The highest BCUT2D eigenvalue weighted by Gasteiger charge is 2.37. The predicted octanol–water partition coefficient (Wildman–Crippen LogP) is 10.4. The third-order valence-electron chi connectivity index (χ3n) is 11.0. The van der Waals surface area contributed by atoms with Crippen LogP contribution in [0.25, 0.3) is 22.3 Å². The van der Waals surface area contributed by atoms with Crippen molar-refractivity contribution in [3.05, 3.63) is 112 Å². The molecule has 0 unspecified atom stereocenters. The van der Waals surface area contributed by atoms with Gasteiger partial charge in [-0.25, -0.2) is 24.4 Å².